The first-order chi connectivity index (χ1) is 5.35. The predicted octanol–water partition coefficient (Wildman–Crippen LogP) is 3.24. The minimum absolute atomic E-state index is 0.810. The fourth-order valence-corrected chi connectivity index (χ4v) is 1.45. The third-order valence-corrected chi connectivity index (χ3v) is 2.07. The van der Waals surface area contributed by atoms with Crippen molar-refractivity contribution in [3.63, 3.8) is 0 Å². The van der Waals surface area contributed by atoms with Crippen LogP contribution in [0.1, 0.15) is 46.0 Å². The Balaban J connectivity index is 3.34. The Morgan fingerprint density at radius 2 is 1.82 bits per heavy atom. The Labute approximate surface area is 71.1 Å². The molecule has 0 aromatic carbocycles. The molecule has 0 aromatic heterocycles. The normalized spacial score (nSPS) is 13.4. The lowest BCUT2D eigenvalue weighted by Crippen LogP contribution is -2.07. The zero-order chi connectivity index (χ0) is 8.53. The summed E-state index contributed by atoms with van der Waals surface area (Å²) in [7, 11) is 1.80. The molecule has 0 saturated heterocycles. The first kappa shape index (κ1) is 11.0. The Hall–Kier alpha value is -0.0400. The zero-order valence-electron chi connectivity index (χ0n) is 8.23. The van der Waals surface area contributed by atoms with Crippen LogP contribution in [0.5, 0.6) is 0 Å². The lowest BCUT2D eigenvalue weighted by molar-refractivity contribution is 0.141. The topological polar surface area (TPSA) is 9.23 Å². The fraction of sp³-hybridized carbons (Fsp3) is 1.00. The van der Waals surface area contributed by atoms with Crippen molar-refractivity contribution in [2.45, 2.75) is 46.0 Å². The standard InChI is InChI=1S/C10H22O/c1-4-6-8-10(7-5-2)9-11-3/h10H,4-9H2,1-3H3. The molecule has 1 unspecified atom stereocenters. The SMILES string of the molecule is CCCCC(CCC)COC. The molecule has 1 heteroatoms. The third-order valence-electron chi connectivity index (χ3n) is 2.07. The van der Waals surface area contributed by atoms with Crippen LogP contribution in [-0.2, 0) is 4.74 Å². The van der Waals surface area contributed by atoms with E-state index in [0.717, 1.165) is 12.5 Å². The molecule has 0 radical (unpaired) electrons. The first-order valence-electron chi connectivity index (χ1n) is 4.84. The third kappa shape index (κ3) is 6.36. The van der Waals surface area contributed by atoms with Crippen LogP contribution in [0, 0.1) is 5.92 Å². The monoisotopic (exact) mass is 158 g/mol. The number of unbranched alkanes of at least 4 members (excludes halogenated alkanes) is 1. The van der Waals surface area contributed by atoms with E-state index in [1.165, 1.54) is 32.1 Å². The van der Waals surface area contributed by atoms with Crippen LogP contribution in [-0.4, -0.2) is 13.7 Å². The van der Waals surface area contributed by atoms with Crippen LogP contribution in [0.25, 0.3) is 0 Å². The van der Waals surface area contributed by atoms with Gasteiger partial charge in [0.1, 0.15) is 0 Å². The lowest BCUT2D eigenvalue weighted by atomic mass is 9.98. The summed E-state index contributed by atoms with van der Waals surface area (Å²) < 4.78 is 5.15. The number of rotatable bonds is 7. The highest BCUT2D eigenvalue weighted by molar-refractivity contribution is 4.56. The fourth-order valence-electron chi connectivity index (χ4n) is 1.45. The quantitative estimate of drug-likeness (QED) is 0.552. The van der Waals surface area contributed by atoms with Crippen molar-refractivity contribution in [3.8, 4) is 0 Å². The summed E-state index contributed by atoms with van der Waals surface area (Å²) in [6.45, 7) is 5.44. The van der Waals surface area contributed by atoms with Gasteiger partial charge in [-0.05, 0) is 18.8 Å². The summed E-state index contributed by atoms with van der Waals surface area (Å²) >= 11 is 0. The van der Waals surface area contributed by atoms with Gasteiger partial charge < -0.3 is 4.74 Å². The van der Waals surface area contributed by atoms with E-state index >= 15 is 0 Å². The maximum atomic E-state index is 5.15. The molecule has 0 aliphatic rings. The van der Waals surface area contributed by atoms with Gasteiger partial charge in [-0.1, -0.05) is 33.1 Å². The molecule has 0 saturated carbocycles. The van der Waals surface area contributed by atoms with E-state index < -0.39 is 0 Å². The van der Waals surface area contributed by atoms with Crippen molar-refractivity contribution in [3.05, 3.63) is 0 Å². The Morgan fingerprint density at radius 3 is 2.27 bits per heavy atom. The molecule has 0 amide bonds. The number of hydrogen-bond donors (Lipinski definition) is 0. The molecule has 0 spiro atoms. The average molecular weight is 158 g/mol. The molecule has 1 atom stereocenters. The second kappa shape index (κ2) is 8.06. The van der Waals surface area contributed by atoms with Crippen molar-refractivity contribution in [1.82, 2.24) is 0 Å². The second-order valence-electron chi connectivity index (χ2n) is 3.25. The van der Waals surface area contributed by atoms with E-state index in [2.05, 4.69) is 13.8 Å². The van der Waals surface area contributed by atoms with Crippen molar-refractivity contribution < 1.29 is 4.74 Å². The molecule has 68 valence electrons. The van der Waals surface area contributed by atoms with Crippen LogP contribution in [0.4, 0.5) is 0 Å². The maximum Gasteiger partial charge on any atom is 0.0490 e. The highest BCUT2D eigenvalue weighted by Gasteiger charge is 2.05. The van der Waals surface area contributed by atoms with Gasteiger partial charge in [-0.2, -0.15) is 0 Å². The molecule has 0 aliphatic carbocycles. The second-order valence-corrected chi connectivity index (χ2v) is 3.25. The largest absolute Gasteiger partial charge is 0.384 e. The van der Waals surface area contributed by atoms with E-state index in [9.17, 15) is 0 Å². The average Bonchev–Trinajstić information content (AvgIpc) is 2.01. The molecule has 0 fully saturated rings. The lowest BCUT2D eigenvalue weighted by Gasteiger charge is -2.13. The van der Waals surface area contributed by atoms with E-state index in [1.54, 1.807) is 7.11 Å². The van der Waals surface area contributed by atoms with Crippen molar-refractivity contribution in [2.24, 2.45) is 5.92 Å². The van der Waals surface area contributed by atoms with Gasteiger partial charge in [0, 0.05) is 13.7 Å². The minimum Gasteiger partial charge on any atom is -0.384 e. The van der Waals surface area contributed by atoms with E-state index in [-0.39, 0.29) is 0 Å². The van der Waals surface area contributed by atoms with E-state index in [0.29, 0.717) is 0 Å². The van der Waals surface area contributed by atoms with Gasteiger partial charge >= 0.3 is 0 Å². The summed E-state index contributed by atoms with van der Waals surface area (Å²) in [5.41, 5.74) is 0. The molecule has 1 nitrogen and oxygen atoms in total. The Bertz CT molecular complexity index is 65.3. The molecular formula is C10H22O. The molecule has 0 N–H and O–H groups in total. The molecule has 0 heterocycles. The van der Waals surface area contributed by atoms with Crippen molar-refractivity contribution in [2.75, 3.05) is 13.7 Å². The number of hydrogen-bond acceptors (Lipinski definition) is 1. The summed E-state index contributed by atoms with van der Waals surface area (Å²) in [4.78, 5) is 0. The van der Waals surface area contributed by atoms with Gasteiger partial charge in [-0.3, -0.25) is 0 Å². The van der Waals surface area contributed by atoms with Crippen LogP contribution in [0.15, 0.2) is 0 Å². The van der Waals surface area contributed by atoms with Gasteiger partial charge in [0.25, 0.3) is 0 Å². The van der Waals surface area contributed by atoms with E-state index in [1.807, 2.05) is 0 Å². The molecule has 0 rings (SSSR count). The van der Waals surface area contributed by atoms with Crippen LogP contribution < -0.4 is 0 Å². The van der Waals surface area contributed by atoms with Crippen molar-refractivity contribution >= 4 is 0 Å². The maximum absolute atomic E-state index is 5.15. The summed E-state index contributed by atoms with van der Waals surface area (Å²) in [5.74, 6) is 0.810. The summed E-state index contributed by atoms with van der Waals surface area (Å²) in [6, 6.07) is 0. The predicted molar refractivity (Wildman–Crippen MR) is 49.8 cm³/mol. The molecule has 11 heavy (non-hydrogen) atoms. The smallest absolute Gasteiger partial charge is 0.0490 e. The van der Waals surface area contributed by atoms with Crippen LogP contribution in [0.3, 0.4) is 0 Å². The first-order valence-corrected chi connectivity index (χ1v) is 4.84. The zero-order valence-corrected chi connectivity index (χ0v) is 8.23. The highest BCUT2D eigenvalue weighted by Crippen LogP contribution is 2.14. The minimum atomic E-state index is 0.810. The highest BCUT2D eigenvalue weighted by atomic mass is 16.5. The van der Waals surface area contributed by atoms with Gasteiger partial charge in [0.15, 0.2) is 0 Å². The Kier molecular flexibility index (Phi) is 8.03. The Morgan fingerprint density at radius 1 is 1.09 bits per heavy atom. The van der Waals surface area contributed by atoms with E-state index in [4.69, 9.17) is 4.74 Å². The summed E-state index contributed by atoms with van der Waals surface area (Å²) in [6.07, 6.45) is 6.63. The van der Waals surface area contributed by atoms with Crippen LogP contribution in [0.2, 0.25) is 0 Å². The molecular weight excluding hydrogens is 136 g/mol. The van der Waals surface area contributed by atoms with Gasteiger partial charge in [-0.15, -0.1) is 0 Å². The molecule has 0 aromatic rings. The van der Waals surface area contributed by atoms with Gasteiger partial charge in [0.2, 0.25) is 0 Å². The molecule has 0 aliphatic heterocycles. The van der Waals surface area contributed by atoms with Gasteiger partial charge in [-0.25, -0.2) is 0 Å². The number of ether oxygens (including phenoxy) is 1. The number of methoxy groups -OCH3 is 1. The van der Waals surface area contributed by atoms with Crippen molar-refractivity contribution in [1.29, 1.82) is 0 Å². The van der Waals surface area contributed by atoms with Crippen LogP contribution >= 0.6 is 0 Å². The van der Waals surface area contributed by atoms with Gasteiger partial charge in [0.05, 0.1) is 0 Å². The summed E-state index contributed by atoms with van der Waals surface area (Å²) in [5, 5.41) is 0. The molecule has 0 bridgehead atoms.